The summed E-state index contributed by atoms with van der Waals surface area (Å²) >= 11 is 0. The van der Waals surface area contributed by atoms with Gasteiger partial charge in [0.05, 0.1) is 23.3 Å². The van der Waals surface area contributed by atoms with Crippen molar-refractivity contribution in [3.05, 3.63) is 41.0 Å². The van der Waals surface area contributed by atoms with E-state index in [9.17, 15) is 31.9 Å². The molecule has 0 unspecified atom stereocenters. The molecule has 0 spiro atoms. The molecule has 3 N–H and O–H groups in total. The molecule has 13 heteroatoms. The van der Waals surface area contributed by atoms with E-state index in [0.29, 0.717) is 11.6 Å². The van der Waals surface area contributed by atoms with Gasteiger partial charge in [0.2, 0.25) is 0 Å². The van der Waals surface area contributed by atoms with Crippen LogP contribution < -0.4 is 18.9 Å². The Morgan fingerprint density at radius 2 is 1.78 bits per heavy atom. The average molecular weight is 475 g/mol. The van der Waals surface area contributed by atoms with Crippen molar-refractivity contribution in [3.8, 4) is 17.2 Å². The lowest BCUT2D eigenvalue weighted by Crippen LogP contribution is -2.18. The van der Waals surface area contributed by atoms with Crippen molar-refractivity contribution < 1.29 is 51.2 Å². The Morgan fingerprint density at radius 3 is 2.31 bits per heavy atom. The number of nitrogens with one attached hydrogen (secondary N) is 1. The number of alkyl halides is 2. The van der Waals surface area contributed by atoms with Crippen LogP contribution in [0.3, 0.4) is 0 Å². The van der Waals surface area contributed by atoms with Crippen LogP contribution in [0.2, 0.25) is 0 Å². The van der Waals surface area contributed by atoms with Crippen LogP contribution in [0.5, 0.6) is 17.2 Å². The number of benzene rings is 2. The van der Waals surface area contributed by atoms with Crippen molar-refractivity contribution in [1.82, 2.24) is 0 Å². The molecule has 0 bridgehead atoms. The van der Waals surface area contributed by atoms with E-state index in [0.717, 1.165) is 13.2 Å². The van der Waals surface area contributed by atoms with Crippen LogP contribution in [0.4, 0.5) is 14.5 Å². The Labute approximate surface area is 181 Å². The van der Waals surface area contributed by atoms with Crippen LogP contribution in [-0.2, 0) is 14.8 Å². The molecule has 2 rings (SSSR count). The van der Waals surface area contributed by atoms with Gasteiger partial charge in [0, 0.05) is 17.7 Å². The number of carboxylic acid groups (broad SMARTS) is 2. The molecule has 0 aliphatic heterocycles. The maximum atomic E-state index is 13.0. The summed E-state index contributed by atoms with van der Waals surface area (Å²) in [5.41, 5.74) is -0.578. The number of halogens is 2. The largest absolute Gasteiger partial charge is 0.493 e. The molecule has 0 atom stereocenters. The quantitative estimate of drug-likeness (QED) is 0.472. The first kappa shape index (κ1) is 24.7. The summed E-state index contributed by atoms with van der Waals surface area (Å²) in [6, 6.07) is 4.21. The molecule has 10 nitrogen and oxygen atoms in total. The molecule has 0 saturated heterocycles. The Hall–Kier alpha value is -3.61. The minimum absolute atomic E-state index is 0.0343. The monoisotopic (exact) mass is 475 g/mol. The lowest BCUT2D eigenvalue weighted by atomic mass is 10.1. The Kier molecular flexibility index (Phi) is 7.46. The fourth-order valence-corrected chi connectivity index (χ4v) is 4.14. The topological polar surface area (TPSA) is 148 Å². The third-order valence-corrected chi connectivity index (χ3v) is 5.69. The van der Waals surface area contributed by atoms with Gasteiger partial charge in [-0.2, -0.15) is 8.78 Å². The minimum atomic E-state index is -4.42. The fraction of sp³-hybridized carbons (Fsp3) is 0.263. The number of sulfonamides is 1. The van der Waals surface area contributed by atoms with Crippen LogP contribution in [0, 0.1) is 13.8 Å². The summed E-state index contributed by atoms with van der Waals surface area (Å²) in [5.74, 6) is -3.78. The Morgan fingerprint density at radius 1 is 1.12 bits per heavy atom. The van der Waals surface area contributed by atoms with Gasteiger partial charge in [-0.15, -0.1) is 0 Å². The maximum Gasteiger partial charge on any atom is 0.387 e. The number of aryl methyl sites for hydroxylation is 1. The van der Waals surface area contributed by atoms with Crippen LogP contribution in [0.25, 0.3) is 0 Å². The van der Waals surface area contributed by atoms with Crippen molar-refractivity contribution in [2.24, 2.45) is 0 Å². The number of carbonyl (C=O) groups is 2. The predicted molar refractivity (Wildman–Crippen MR) is 106 cm³/mol. The first-order valence-corrected chi connectivity index (χ1v) is 10.2. The fourth-order valence-electron chi connectivity index (χ4n) is 2.82. The molecule has 2 aromatic carbocycles. The molecular formula is C19H19F2NO9S. The number of rotatable bonds is 10. The van der Waals surface area contributed by atoms with E-state index in [4.69, 9.17) is 14.6 Å². The number of hydrogen-bond donors (Lipinski definition) is 3. The second kappa shape index (κ2) is 9.68. The number of ether oxygens (including phenoxy) is 3. The highest BCUT2D eigenvalue weighted by atomic mass is 32.2. The summed E-state index contributed by atoms with van der Waals surface area (Å²) in [6.07, 6.45) is 0. The van der Waals surface area contributed by atoms with Gasteiger partial charge in [-0.05, 0) is 25.5 Å². The highest BCUT2D eigenvalue weighted by molar-refractivity contribution is 7.92. The van der Waals surface area contributed by atoms with Crippen LogP contribution >= 0.6 is 0 Å². The summed E-state index contributed by atoms with van der Waals surface area (Å²) in [6.45, 7) is -1.00. The molecule has 0 amide bonds. The lowest BCUT2D eigenvalue weighted by molar-refractivity contribution is -0.139. The third-order valence-electron chi connectivity index (χ3n) is 4.18. The predicted octanol–water partition coefficient (Wildman–Crippen LogP) is 2.88. The highest BCUT2D eigenvalue weighted by Gasteiger charge is 2.25. The second-order valence-corrected chi connectivity index (χ2v) is 8.01. The molecule has 32 heavy (non-hydrogen) atoms. The normalized spacial score (nSPS) is 11.2. The van der Waals surface area contributed by atoms with Crippen LogP contribution in [0.1, 0.15) is 21.5 Å². The van der Waals surface area contributed by atoms with Crippen molar-refractivity contribution in [2.75, 3.05) is 18.4 Å². The van der Waals surface area contributed by atoms with Gasteiger partial charge in [0.15, 0.2) is 18.1 Å². The average Bonchev–Trinajstić information content (AvgIpc) is 2.67. The first-order valence-electron chi connectivity index (χ1n) is 8.75. The van der Waals surface area contributed by atoms with Crippen LogP contribution in [0.15, 0.2) is 29.2 Å². The number of aromatic carboxylic acids is 1. The van der Waals surface area contributed by atoms with E-state index < -0.39 is 52.2 Å². The molecule has 0 aliphatic carbocycles. The molecule has 0 fully saturated rings. The number of anilines is 1. The Bertz CT molecular complexity index is 1150. The number of carboxylic acids is 2. The first-order chi connectivity index (χ1) is 14.9. The standard InChI is InChI=1S/C19H19F2NO9S/c1-9-4-5-15(10(2)17(9)30-8-16(23)24)32(27,28)22-12-7-13(29-3)14(31-19(20)21)6-11(12)18(25)26/h4-7,19,22H,8H2,1-3H3,(H,23,24)(H,25,26). The van der Waals surface area contributed by atoms with E-state index >= 15 is 0 Å². The van der Waals surface area contributed by atoms with Crippen molar-refractivity contribution in [2.45, 2.75) is 25.4 Å². The molecule has 0 aliphatic rings. The molecule has 0 heterocycles. The summed E-state index contributed by atoms with van der Waals surface area (Å²) < 4.78 is 67.6. The second-order valence-electron chi connectivity index (χ2n) is 6.35. The van der Waals surface area contributed by atoms with Gasteiger partial charge in [-0.25, -0.2) is 18.0 Å². The zero-order valence-corrected chi connectivity index (χ0v) is 17.8. The van der Waals surface area contributed by atoms with Crippen LogP contribution in [-0.4, -0.2) is 50.9 Å². The van der Waals surface area contributed by atoms with Crippen molar-refractivity contribution in [1.29, 1.82) is 0 Å². The minimum Gasteiger partial charge on any atom is -0.493 e. The van der Waals surface area contributed by atoms with Gasteiger partial charge >= 0.3 is 18.6 Å². The van der Waals surface area contributed by atoms with Crippen molar-refractivity contribution in [3.63, 3.8) is 0 Å². The van der Waals surface area contributed by atoms with E-state index in [1.807, 2.05) is 0 Å². The van der Waals surface area contributed by atoms with E-state index in [1.165, 1.54) is 19.1 Å². The zero-order valence-electron chi connectivity index (χ0n) is 17.0. The maximum absolute atomic E-state index is 13.0. The van der Waals surface area contributed by atoms with E-state index in [1.54, 1.807) is 6.92 Å². The molecule has 0 radical (unpaired) electrons. The third kappa shape index (κ3) is 5.55. The van der Waals surface area contributed by atoms with Gasteiger partial charge in [0.1, 0.15) is 5.75 Å². The van der Waals surface area contributed by atoms with Crippen molar-refractivity contribution >= 4 is 27.6 Å². The summed E-state index contributed by atoms with van der Waals surface area (Å²) in [5, 5.41) is 18.2. The number of methoxy groups -OCH3 is 1. The number of hydrogen-bond acceptors (Lipinski definition) is 7. The SMILES string of the molecule is COc1cc(NS(=O)(=O)c2ccc(C)c(OCC(=O)O)c2C)c(C(=O)O)cc1OC(F)F. The van der Waals surface area contributed by atoms with Gasteiger partial charge < -0.3 is 24.4 Å². The summed E-state index contributed by atoms with van der Waals surface area (Å²) in [7, 11) is -3.32. The lowest BCUT2D eigenvalue weighted by Gasteiger charge is -2.18. The molecule has 2 aromatic rings. The Balaban J connectivity index is 2.55. The van der Waals surface area contributed by atoms with Gasteiger partial charge in [-0.3, -0.25) is 4.72 Å². The highest BCUT2D eigenvalue weighted by Crippen LogP contribution is 2.36. The molecular weight excluding hydrogens is 456 g/mol. The summed E-state index contributed by atoms with van der Waals surface area (Å²) in [4.78, 5) is 22.1. The van der Waals surface area contributed by atoms with E-state index in [2.05, 4.69) is 9.46 Å². The molecule has 174 valence electrons. The van der Waals surface area contributed by atoms with E-state index in [-0.39, 0.29) is 22.0 Å². The van der Waals surface area contributed by atoms with Gasteiger partial charge in [-0.1, -0.05) is 6.07 Å². The molecule has 0 saturated carbocycles. The van der Waals surface area contributed by atoms with Gasteiger partial charge in [0.25, 0.3) is 10.0 Å². The smallest absolute Gasteiger partial charge is 0.387 e. The number of aliphatic carboxylic acids is 1. The molecule has 0 aromatic heterocycles. The zero-order chi connectivity index (χ0) is 24.2.